The Morgan fingerprint density at radius 1 is 1.19 bits per heavy atom. The first-order valence-electron chi connectivity index (χ1n) is 15.7. The van der Waals surface area contributed by atoms with Crippen LogP contribution in [0.25, 0.3) is 0 Å². The maximum Gasteiger partial charge on any atom is 0.311 e. The molecule has 1 spiro atoms. The number of aliphatic hydroxyl groups excluding tert-OH is 1. The van der Waals surface area contributed by atoms with Crippen molar-refractivity contribution in [1.29, 1.82) is 0 Å². The Balaban J connectivity index is 1.44. The van der Waals surface area contributed by atoms with Crippen LogP contribution in [0.3, 0.4) is 0 Å². The number of fused-ring (bicyclic) bond motifs is 6. The van der Waals surface area contributed by atoms with Crippen LogP contribution in [-0.4, -0.2) is 67.9 Å². The molecule has 5 rings (SSSR count). The Bertz CT molecular complexity index is 1280. The summed E-state index contributed by atoms with van der Waals surface area (Å²) in [7, 11) is 0. The van der Waals surface area contributed by atoms with Crippen LogP contribution < -0.4 is 0 Å². The highest BCUT2D eigenvalue weighted by Crippen LogP contribution is 2.72. The third-order valence-corrected chi connectivity index (χ3v) is 12.5. The van der Waals surface area contributed by atoms with E-state index >= 15 is 0 Å². The molecular weight excluding hydrogens is 568 g/mol. The van der Waals surface area contributed by atoms with E-state index in [9.17, 15) is 24.6 Å². The Labute approximate surface area is 260 Å². The van der Waals surface area contributed by atoms with E-state index in [1.165, 1.54) is 6.92 Å². The summed E-state index contributed by atoms with van der Waals surface area (Å²) in [6.07, 6.45) is 6.89. The molecule has 1 aliphatic heterocycles. The third-order valence-electron chi connectivity index (χ3n) is 12.3. The zero-order chi connectivity index (χ0) is 31.9. The van der Waals surface area contributed by atoms with Crippen molar-refractivity contribution in [2.75, 3.05) is 0 Å². The maximum atomic E-state index is 12.6. The quantitative estimate of drug-likeness (QED) is 0.306. The number of esters is 2. The minimum Gasteiger partial charge on any atom is -0.462 e. The fourth-order valence-corrected chi connectivity index (χ4v) is 9.85. The molecule has 1 heterocycles. The summed E-state index contributed by atoms with van der Waals surface area (Å²) < 4.78 is 18.7. The molecule has 0 unspecified atom stereocenters. The Kier molecular flexibility index (Phi) is 7.97. The molecule has 3 saturated carbocycles. The number of carbonyl (C=O) groups is 3. The number of allylic oxidation sites excluding steroid dienone is 3. The average molecular weight is 617 g/mol. The van der Waals surface area contributed by atoms with Crippen LogP contribution in [0.2, 0.25) is 0 Å². The zero-order valence-corrected chi connectivity index (χ0v) is 27.6. The number of thiocarbonyl (C=S) groups is 1. The van der Waals surface area contributed by atoms with E-state index in [-0.39, 0.29) is 65.9 Å². The van der Waals surface area contributed by atoms with Gasteiger partial charge in [-0.3, -0.25) is 14.4 Å². The second-order valence-corrected chi connectivity index (χ2v) is 15.8. The lowest BCUT2D eigenvalue weighted by Crippen LogP contribution is -2.72. The van der Waals surface area contributed by atoms with Gasteiger partial charge in [0.15, 0.2) is 5.78 Å². The van der Waals surface area contributed by atoms with E-state index < -0.39 is 34.3 Å². The van der Waals surface area contributed by atoms with Gasteiger partial charge in [0, 0.05) is 47.3 Å². The number of rotatable bonds is 7. The van der Waals surface area contributed by atoms with Gasteiger partial charge >= 0.3 is 11.9 Å². The predicted octanol–water partition coefficient (Wildman–Crippen LogP) is 4.82. The first-order chi connectivity index (χ1) is 19.8. The fraction of sp³-hybridized carbons (Fsp3) is 0.765. The average Bonchev–Trinajstić information content (AvgIpc) is 3.11. The number of ketones is 1. The van der Waals surface area contributed by atoms with Crippen molar-refractivity contribution >= 4 is 34.8 Å². The highest BCUT2D eigenvalue weighted by Gasteiger charge is 2.76. The van der Waals surface area contributed by atoms with Gasteiger partial charge in [0.1, 0.15) is 17.3 Å². The number of hydrogen-bond donors (Lipinski definition) is 2. The van der Waals surface area contributed by atoms with Gasteiger partial charge in [0.25, 0.3) is 0 Å². The summed E-state index contributed by atoms with van der Waals surface area (Å²) in [6, 6.07) is 0. The van der Waals surface area contributed by atoms with Crippen molar-refractivity contribution in [3.05, 3.63) is 23.8 Å². The normalized spacial score (nSPS) is 43.0. The monoisotopic (exact) mass is 616 g/mol. The highest BCUT2D eigenvalue weighted by atomic mass is 32.1. The van der Waals surface area contributed by atoms with Gasteiger partial charge in [-0.2, -0.15) is 0 Å². The summed E-state index contributed by atoms with van der Waals surface area (Å²) in [6.45, 7) is 14.6. The van der Waals surface area contributed by atoms with Crippen molar-refractivity contribution in [1.82, 2.24) is 0 Å². The first-order valence-corrected chi connectivity index (χ1v) is 16.1. The molecule has 4 fully saturated rings. The molecule has 8 nitrogen and oxygen atoms in total. The molecule has 9 heteroatoms. The third kappa shape index (κ3) is 4.88. The second-order valence-electron chi connectivity index (χ2n) is 15.1. The standard InChI is InChI=1S/C34H48O8S/c1-18(43)13-28(38)42-33(8,30(4,5)39)17-26-19(2)34(41-26)27(37)16-24-29-23(10-12-32(24,34)7)31(6)11-9-22(36)14-21(31)15-25(29)40-20(3)35/h9,11,14,19,23-27,29,37,39H,10,12-13,15-17H2,1-8H3/t19-,23+,24+,25-,26-,27+,29-,31+,32+,33-,34-/m1/s1. The molecule has 0 aromatic heterocycles. The molecule has 11 atom stereocenters. The lowest BCUT2D eigenvalue weighted by molar-refractivity contribution is -0.344. The predicted molar refractivity (Wildman–Crippen MR) is 164 cm³/mol. The summed E-state index contributed by atoms with van der Waals surface area (Å²) in [5.41, 5.74) is -3.10. The van der Waals surface area contributed by atoms with Crippen LogP contribution >= 0.6 is 12.2 Å². The molecule has 0 amide bonds. The SMILES string of the molecule is CC(=O)O[C@@H]1CC2=CC(=O)C=C[C@]2(C)[C@H]2CC[C@@]3(C)[C@@H](C[C@H](O)[C@@]34O[C@H](C[C@@](C)(OC(=O)CC(C)=S)C(C)(C)O)[C@H]4C)[C@H]12. The van der Waals surface area contributed by atoms with Crippen molar-refractivity contribution < 1.29 is 38.8 Å². The number of aliphatic hydroxyl groups is 2. The van der Waals surface area contributed by atoms with Crippen LogP contribution in [0.5, 0.6) is 0 Å². The number of hydrogen-bond acceptors (Lipinski definition) is 9. The molecule has 5 aliphatic rings. The van der Waals surface area contributed by atoms with E-state index in [0.29, 0.717) is 17.7 Å². The number of carbonyl (C=O) groups excluding carboxylic acids is 3. The Morgan fingerprint density at radius 2 is 1.86 bits per heavy atom. The zero-order valence-electron chi connectivity index (χ0n) is 26.8. The van der Waals surface area contributed by atoms with Gasteiger partial charge < -0.3 is 24.4 Å². The highest BCUT2D eigenvalue weighted by molar-refractivity contribution is 7.80. The van der Waals surface area contributed by atoms with Gasteiger partial charge in [0.05, 0.1) is 24.2 Å². The van der Waals surface area contributed by atoms with Gasteiger partial charge in [-0.05, 0) is 70.9 Å². The van der Waals surface area contributed by atoms with Crippen LogP contribution in [-0.2, 0) is 28.6 Å². The van der Waals surface area contributed by atoms with E-state index in [0.717, 1.165) is 18.4 Å². The van der Waals surface area contributed by atoms with Crippen LogP contribution in [0.1, 0.15) is 93.9 Å². The number of ether oxygens (including phenoxy) is 3. The fourth-order valence-electron chi connectivity index (χ4n) is 9.73. The van der Waals surface area contributed by atoms with Crippen molar-refractivity contribution in [2.45, 2.75) is 129 Å². The summed E-state index contributed by atoms with van der Waals surface area (Å²) in [5, 5.41) is 22.9. The van der Waals surface area contributed by atoms with Gasteiger partial charge in [-0.1, -0.05) is 44.6 Å². The molecule has 4 aliphatic carbocycles. The summed E-state index contributed by atoms with van der Waals surface area (Å²) in [5.74, 6) is -0.782. The van der Waals surface area contributed by atoms with Gasteiger partial charge in [-0.15, -0.1) is 0 Å². The van der Waals surface area contributed by atoms with Crippen molar-refractivity contribution in [3.63, 3.8) is 0 Å². The lowest BCUT2D eigenvalue weighted by atomic mass is 9.45. The molecule has 2 N–H and O–H groups in total. The van der Waals surface area contributed by atoms with E-state index in [4.69, 9.17) is 26.4 Å². The first kappa shape index (κ1) is 32.5. The van der Waals surface area contributed by atoms with E-state index in [2.05, 4.69) is 20.8 Å². The van der Waals surface area contributed by atoms with Crippen LogP contribution in [0, 0.1) is 34.5 Å². The molecular formula is C34H48O8S. The van der Waals surface area contributed by atoms with E-state index in [1.54, 1.807) is 39.8 Å². The maximum absolute atomic E-state index is 12.6. The van der Waals surface area contributed by atoms with Crippen molar-refractivity contribution in [2.24, 2.45) is 34.5 Å². The molecule has 0 bridgehead atoms. The lowest BCUT2D eigenvalue weighted by Gasteiger charge is -2.66. The molecule has 0 aromatic rings. The minimum atomic E-state index is -1.35. The topological polar surface area (TPSA) is 119 Å². The Hall–Kier alpha value is -1.94. The molecule has 238 valence electrons. The molecule has 0 radical (unpaired) electrons. The van der Waals surface area contributed by atoms with E-state index in [1.807, 2.05) is 6.08 Å². The molecule has 43 heavy (non-hydrogen) atoms. The van der Waals surface area contributed by atoms with Gasteiger partial charge in [0.2, 0.25) is 0 Å². The smallest absolute Gasteiger partial charge is 0.311 e. The Morgan fingerprint density at radius 3 is 2.44 bits per heavy atom. The van der Waals surface area contributed by atoms with Gasteiger partial charge in [-0.25, -0.2) is 0 Å². The second kappa shape index (κ2) is 10.6. The van der Waals surface area contributed by atoms with Crippen LogP contribution in [0.15, 0.2) is 23.8 Å². The summed E-state index contributed by atoms with van der Waals surface area (Å²) in [4.78, 5) is 37.8. The van der Waals surface area contributed by atoms with Crippen molar-refractivity contribution in [3.8, 4) is 0 Å². The molecule has 1 saturated heterocycles. The summed E-state index contributed by atoms with van der Waals surface area (Å²) >= 11 is 5.09. The minimum absolute atomic E-state index is 0.00426. The largest absolute Gasteiger partial charge is 0.462 e. The molecule has 0 aromatic carbocycles. The van der Waals surface area contributed by atoms with Crippen LogP contribution in [0.4, 0.5) is 0 Å².